The van der Waals surface area contributed by atoms with Crippen LogP contribution in [-0.4, -0.2) is 49.8 Å². The molecule has 1 atom stereocenters. The van der Waals surface area contributed by atoms with Gasteiger partial charge in [0.2, 0.25) is 10.0 Å². The lowest BCUT2D eigenvalue weighted by atomic mass is 10.2. The summed E-state index contributed by atoms with van der Waals surface area (Å²) in [5.41, 5.74) is 0.395. The molecule has 0 saturated carbocycles. The standard InChI is InChI=1S/C17H28N2O4S/c1-14(18-16(20)23-17(2,3)4)13-19(5)24(21,22)12-11-15-9-7-6-8-10-15/h6-10,14H,11-13H2,1-5H3,(H,18,20)/t14-/m0/s1. The average Bonchev–Trinajstić information content (AvgIpc) is 2.44. The molecule has 0 aliphatic heterocycles. The normalized spacial score (nSPS) is 13.6. The van der Waals surface area contributed by atoms with Crippen molar-refractivity contribution in [3.05, 3.63) is 35.9 Å². The lowest BCUT2D eigenvalue weighted by Gasteiger charge is -2.24. The highest BCUT2D eigenvalue weighted by Crippen LogP contribution is 2.08. The average molecular weight is 356 g/mol. The summed E-state index contributed by atoms with van der Waals surface area (Å²) in [7, 11) is -1.86. The van der Waals surface area contributed by atoms with E-state index in [2.05, 4.69) is 5.32 Å². The number of nitrogens with one attached hydrogen (secondary N) is 1. The van der Waals surface area contributed by atoms with Crippen molar-refractivity contribution in [2.45, 2.75) is 45.8 Å². The molecule has 0 unspecified atom stereocenters. The molecule has 136 valence electrons. The van der Waals surface area contributed by atoms with E-state index in [1.54, 1.807) is 27.7 Å². The summed E-state index contributed by atoms with van der Waals surface area (Å²) in [6.45, 7) is 7.26. The maximum absolute atomic E-state index is 12.3. The summed E-state index contributed by atoms with van der Waals surface area (Å²) >= 11 is 0. The SMILES string of the molecule is C[C@@H](CN(C)S(=O)(=O)CCc1ccccc1)NC(=O)OC(C)(C)C. The second-order valence-corrected chi connectivity index (χ2v) is 9.07. The number of amides is 1. The van der Waals surface area contributed by atoms with E-state index < -0.39 is 21.7 Å². The fraction of sp³-hybridized carbons (Fsp3) is 0.588. The van der Waals surface area contributed by atoms with Gasteiger partial charge in [0.15, 0.2) is 0 Å². The van der Waals surface area contributed by atoms with Crippen molar-refractivity contribution in [2.75, 3.05) is 19.3 Å². The fourth-order valence-electron chi connectivity index (χ4n) is 2.10. The van der Waals surface area contributed by atoms with E-state index in [0.717, 1.165) is 5.56 Å². The van der Waals surface area contributed by atoms with Crippen molar-refractivity contribution in [1.29, 1.82) is 0 Å². The van der Waals surface area contributed by atoms with Crippen LogP contribution in [0.5, 0.6) is 0 Å². The quantitative estimate of drug-likeness (QED) is 0.814. The van der Waals surface area contributed by atoms with Crippen LogP contribution in [0.2, 0.25) is 0 Å². The van der Waals surface area contributed by atoms with Crippen molar-refractivity contribution in [3.63, 3.8) is 0 Å². The van der Waals surface area contributed by atoms with Crippen LogP contribution in [0, 0.1) is 0 Å². The Kier molecular flexibility index (Phi) is 7.23. The summed E-state index contributed by atoms with van der Waals surface area (Å²) in [5, 5.41) is 2.65. The maximum atomic E-state index is 12.3. The fourth-order valence-corrected chi connectivity index (χ4v) is 3.36. The van der Waals surface area contributed by atoms with E-state index in [-0.39, 0.29) is 18.3 Å². The number of alkyl carbamates (subject to hydrolysis) is 1. The maximum Gasteiger partial charge on any atom is 0.407 e. The van der Waals surface area contributed by atoms with Gasteiger partial charge in [-0.1, -0.05) is 30.3 Å². The second-order valence-electron chi connectivity index (χ2n) is 6.88. The smallest absolute Gasteiger partial charge is 0.407 e. The highest BCUT2D eigenvalue weighted by molar-refractivity contribution is 7.89. The molecule has 0 saturated heterocycles. The molecule has 0 fully saturated rings. The van der Waals surface area contributed by atoms with Crippen LogP contribution in [0.3, 0.4) is 0 Å². The van der Waals surface area contributed by atoms with E-state index in [9.17, 15) is 13.2 Å². The lowest BCUT2D eigenvalue weighted by Crippen LogP contribution is -2.45. The number of aryl methyl sites for hydroxylation is 1. The van der Waals surface area contributed by atoms with Crippen LogP contribution < -0.4 is 5.32 Å². The number of sulfonamides is 1. The number of hydrogen-bond donors (Lipinski definition) is 1. The minimum absolute atomic E-state index is 0.0344. The third-order valence-electron chi connectivity index (χ3n) is 3.26. The Morgan fingerprint density at radius 1 is 1.25 bits per heavy atom. The molecule has 7 heteroatoms. The zero-order valence-corrected chi connectivity index (χ0v) is 15.9. The third kappa shape index (κ3) is 7.79. The Morgan fingerprint density at radius 2 is 1.83 bits per heavy atom. The first kappa shape index (κ1) is 20.4. The van der Waals surface area contributed by atoms with Gasteiger partial charge in [-0.25, -0.2) is 17.5 Å². The van der Waals surface area contributed by atoms with Gasteiger partial charge in [-0.15, -0.1) is 0 Å². The Morgan fingerprint density at radius 3 is 2.38 bits per heavy atom. The van der Waals surface area contributed by atoms with Crippen molar-refractivity contribution >= 4 is 16.1 Å². The molecule has 6 nitrogen and oxygen atoms in total. The van der Waals surface area contributed by atoms with Gasteiger partial charge in [0.05, 0.1) is 5.75 Å². The number of benzene rings is 1. The highest BCUT2D eigenvalue weighted by Gasteiger charge is 2.22. The molecular weight excluding hydrogens is 328 g/mol. The minimum atomic E-state index is -3.38. The summed E-state index contributed by atoms with van der Waals surface area (Å²) < 4.78 is 31.1. The van der Waals surface area contributed by atoms with Crippen molar-refractivity contribution in [3.8, 4) is 0 Å². The number of carbonyl (C=O) groups excluding carboxylic acids is 1. The molecular formula is C17H28N2O4S. The molecule has 0 aromatic heterocycles. The zero-order chi connectivity index (χ0) is 18.4. The molecule has 1 aromatic rings. The number of carbonyl (C=O) groups is 1. The molecule has 0 bridgehead atoms. The van der Waals surface area contributed by atoms with Crippen LogP contribution in [0.25, 0.3) is 0 Å². The summed E-state index contributed by atoms with van der Waals surface area (Å²) in [6.07, 6.45) is -0.0911. The molecule has 24 heavy (non-hydrogen) atoms. The largest absolute Gasteiger partial charge is 0.444 e. The Labute approximate surface area is 145 Å². The van der Waals surface area contributed by atoms with Gasteiger partial charge in [0.25, 0.3) is 0 Å². The Hall–Kier alpha value is -1.60. The van der Waals surface area contributed by atoms with Crippen LogP contribution in [0.15, 0.2) is 30.3 Å². The number of hydrogen-bond acceptors (Lipinski definition) is 4. The zero-order valence-electron chi connectivity index (χ0n) is 15.1. The molecule has 0 spiro atoms. The Bertz CT molecular complexity index is 624. The predicted molar refractivity (Wildman–Crippen MR) is 95.4 cm³/mol. The van der Waals surface area contributed by atoms with Gasteiger partial charge in [-0.2, -0.15) is 0 Å². The van der Waals surface area contributed by atoms with E-state index in [1.165, 1.54) is 11.4 Å². The van der Waals surface area contributed by atoms with Crippen LogP contribution >= 0.6 is 0 Å². The van der Waals surface area contributed by atoms with E-state index >= 15 is 0 Å². The van der Waals surface area contributed by atoms with Gasteiger partial charge >= 0.3 is 6.09 Å². The van der Waals surface area contributed by atoms with Gasteiger partial charge in [0, 0.05) is 19.6 Å². The summed E-state index contributed by atoms with van der Waals surface area (Å²) in [6, 6.07) is 9.13. The molecule has 1 N–H and O–H groups in total. The molecule has 0 heterocycles. The van der Waals surface area contributed by atoms with E-state index in [4.69, 9.17) is 4.74 Å². The monoisotopic (exact) mass is 356 g/mol. The minimum Gasteiger partial charge on any atom is -0.444 e. The molecule has 0 aliphatic rings. The molecule has 0 radical (unpaired) electrons. The van der Waals surface area contributed by atoms with Gasteiger partial charge in [-0.3, -0.25) is 0 Å². The number of ether oxygens (including phenoxy) is 1. The van der Waals surface area contributed by atoms with Gasteiger partial charge in [0.1, 0.15) is 5.60 Å². The van der Waals surface area contributed by atoms with Crippen LogP contribution in [0.1, 0.15) is 33.3 Å². The highest BCUT2D eigenvalue weighted by atomic mass is 32.2. The molecule has 1 rings (SSSR count). The second kappa shape index (κ2) is 8.48. The van der Waals surface area contributed by atoms with Crippen molar-refractivity contribution in [2.24, 2.45) is 0 Å². The first-order valence-corrected chi connectivity index (χ1v) is 9.58. The first-order chi connectivity index (χ1) is 11.0. The summed E-state index contributed by atoms with van der Waals surface area (Å²) in [5.74, 6) is 0.0344. The van der Waals surface area contributed by atoms with Gasteiger partial charge in [-0.05, 0) is 39.7 Å². The van der Waals surface area contributed by atoms with Crippen LogP contribution in [0.4, 0.5) is 4.79 Å². The number of likely N-dealkylation sites (N-methyl/N-ethyl adjacent to an activating group) is 1. The first-order valence-electron chi connectivity index (χ1n) is 7.97. The number of rotatable bonds is 7. The molecule has 0 aliphatic carbocycles. The summed E-state index contributed by atoms with van der Waals surface area (Å²) in [4.78, 5) is 11.7. The topological polar surface area (TPSA) is 75.7 Å². The van der Waals surface area contributed by atoms with Crippen LogP contribution in [-0.2, 0) is 21.2 Å². The van der Waals surface area contributed by atoms with E-state index in [1.807, 2.05) is 30.3 Å². The molecule has 1 aromatic carbocycles. The predicted octanol–water partition coefficient (Wildman–Crippen LogP) is 2.40. The van der Waals surface area contributed by atoms with Crippen molar-refractivity contribution < 1.29 is 17.9 Å². The third-order valence-corrected chi connectivity index (χ3v) is 5.08. The van der Waals surface area contributed by atoms with Gasteiger partial charge < -0.3 is 10.1 Å². The van der Waals surface area contributed by atoms with Crippen molar-refractivity contribution in [1.82, 2.24) is 9.62 Å². The number of nitrogens with zero attached hydrogens (tertiary/aromatic N) is 1. The molecule has 1 amide bonds. The lowest BCUT2D eigenvalue weighted by molar-refractivity contribution is 0.0504. The Balaban J connectivity index is 2.49. The van der Waals surface area contributed by atoms with E-state index in [0.29, 0.717) is 6.42 Å².